The van der Waals surface area contributed by atoms with Crippen LogP contribution in [0, 0.1) is 5.92 Å². The molecule has 1 aromatic heterocycles. The Labute approximate surface area is 88.8 Å². The van der Waals surface area contributed by atoms with Crippen LogP contribution in [0.15, 0.2) is 17.6 Å². The molecule has 0 saturated heterocycles. The van der Waals surface area contributed by atoms with Gasteiger partial charge in [0.05, 0.1) is 18.6 Å². The van der Waals surface area contributed by atoms with Gasteiger partial charge < -0.3 is 10.1 Å². The average molecular weight is 233 g/mol. The second kappa shape index (κ2) is 4.73. The summed E-state index contributed by atoms with van der Waals surface area (Å²) in [6.45, 7) is 3.63. The number of aliphatic hydroxyl groups excluding tert-OH is 1. The van der Waals surface area contributed by atoms with Gasteiger partial charge in [0.2, 0.25) is 0 Å². The van der Waals surface area contributed by atoms with Crippen molar-refractivity contribution in [2.24, 2.45) is 5.92 Å². The van der Waals surface area contributed by atoms with Crippen molar-refractivity contribution in [3.63, 3.8) is 0 Å². The van der Waals surface area contributed by atoms with E-state index < -0.39 is 16.1 Å². The maximum atomic E-state index is 11.5. The number of aliphatic hydroxyl groups is 1. The number of nitrogens with zero attached hydrogens (tertiary/aromatic N) is 1. The van der Waals surface area contributed by atoms with E-state index in [0.717, 1.165) is 0 Å². The average Bonchev–Trinajstić information content (AvgIpc) is 2.67. The number of hydrogen-bond donors (Lipinski definition) is 3. The smallest absolute Gasteiger partial charge is 0.257 e. The zero-order valence-corrected chi connectivity index (χ0v) is 9.45. The Balaban J connectivity index is 2.59. The van der Waals surface area contributed by atoms with Crippen LogP contribution in [0.4, 0.5) is 0 Å². The van der Waals surface area contributed by atoms with Crippen molar-refractivity contribution in [2.45, 2.75) is 25.0 Å². The van der Waals surface area contributed by atoms with Gasteiger partial charge in [0.25, 0.3) is 10.0 Å². The van der Waals surface area contributed by atoms with Crippen molar-refractivity contribution >= 4 is 10.0 Å². The Morgan fingerprint density at radius 2 is 2.27 bits per heavy atom. The van der Waals surface area contributed by atoms with Crippen LogP contribution in [-0.2, 0) is 10.0 Å². The molecule has 15 heavy (non-hydrogen) atoms. The van der Waals surface area contributed by atoms with Crippen molar-refractivity contribution in [1.82, 2.24) is 14.7 Å². The van der Waals surface area contributed by atoms with Crippen LogP contribution in [0.5, 0.6) is 0 Å². The number of rotatable bonds is 5. The highest BCUT2D eigenvalue weighted by molar-refractivity contribution is 7.89. The summed E-state index contributed by atoms with van der Waals surface area (Å²) in [7, 11) is -3.57. The largest absolute Gasteiger partial charge is 0.391 e. The van der Waals surface area contributed by atoms with Crippen molar-refractivity contribution in [3.8, 4) is 0 Å². The number of imidazole rings is 1. The molecule has 7 heteroatoms. The second-order valence-corrected chi connectivity index (χ2v) is 5.31. The number of aromatic amines is 1. The monoisotopic (exact) mass is 233 g/mol. The third-order valence-electron chi connectivity index (χ3n) is 2.01. The van der Waals surface area contributed by atoms with Gasteiger partial charge in [0.1, 0.15) is 0 Å². The van der Waals surface area contributed by atoms with Crippen LogP contribution in [0.25, 0.3) is 0 Å². The minimum absolute atomic E-state index is 0.000972. The molecule has 0 bridgehead atoms. The fraction of sp³-hybridized carbons (Fsp3) is 0.625. The van der Waals surface area contributed by atoms with E-state index in [1.54, 1.807) is 0 Å². The summed E-state index contributed by atoms with van der Waals surface area (Å²) in [6, 6.07) is 0. The maximum Gasteiger partial charge on any atom is 0.257 e. The minimum atomic E-state index is -3.57. The first-order chi connectivity index (χ1) is 6.93. The molecule has 0 aromatic carbocycles. The Hall–Kier alpha value is -0.920. The lowest BCUT2D eigenvalue weighted by molar-refractivity contribution is 0.129. The molecule has 3 N–H and O–H groups in total. The van der Waals surface area contributed by atoms with E-state index in [1.165, 1.54) is 12.5 Å². The molecule has 1 atom stereocenters. The Morgan fingerprint density at radius 3 is 2.73 bits per heavy atom. The summed E-state index contributed by atoms with van der Waals surface area (Å²) in [5.41, 5.74) is 0. The Kier molecular flexibility index (Phi) is 3.83. The summed E-state index contributed by atoms with van der Waals surface area (Å²) in [5.74, 6) is 0.00877. The van der Waals surface area contributed by atoms with E-state index in [2.05, 4.69) is 14.7 Å². The zero-order chi connectivity index (χ0) is 11.5. The molecule has 1 unspecified atom stereocenters. The lowest BCUT2D eigenvalue weighted by Gasteiger charge is -2.14. The molecule has 0 spiro atoms. The summed E-state index contributed by atoms with van der Waals surface area (Å²) in [5, 5.41) is 9.43. The van der Waals surface area contributed by atoms with Crippen LogP contribution in [0.1, 0.15) is 13.8 Å². The molecule has 1 aromatic rings. The quantitative estimate of drug-likeness (QED) is 0.651. The van der Waals surface area contributed by atoms with E-state index in [9.17, 15) is 13.5 Å². The number of H-pyrrole nitrogens is 1. The molecule has 6 nitrogen and oxygen atoms in total. The second-order valence-electron chi connectivity index (χ2n) is 3.58. The van der Waals surface area contributed by atoms with E-state index >= 15 is 0 Å². The lowest BCUT2D eigenvalue weighted by Crippen LogP contribution is -2.34. The summed E-state index contributed by atoms with van der Waals surface area (Å²) >= 11 is 0. The Morgan fingerprint density at radius 1 is 1.60 bits per heavy atom. The van der Waals surface area contributed by atoms with E-state index in [-0.39, 0.29) is 17.5 Å². The summed E-state index contributed by atoms with van der Waals surface area (Å²) < 4.78 is 25.3. The predicted octanol–water partition coefficient (Wildman–Crippen LogP) is -0.295. The van der Waals surface area contributed by atoms with E-state index in [0.29, 0.717) is 0 Å². The van der Waals surface area contributed by atoms with Crippen LogP contribution < -0.4 is 4.72 Å². The van der Waals surface area contributed by atoms with Crippen LogP contribution in [0.3, 0.4) is 0 Å². The normalized spacial score (nSPS) is 14.4. The van der Waals surface area contributed by atoms with Gasteiger partial charge >= 0.3 is 0 Å². The SMILES string of the molecule is CC(C)C(O)CNS(=O)(=O)c1cnc[nH]1. The van der Waals surface area contributed by atoms with Gasteiger partial charge in [-0.3, -0.25) is 0 Å². The maximum absolute atomic E-state index is 11.5. The number of hydrogen-bond acceptors (Lipinski definition) is 4. The first-order valence-electron chi connectivity index (χ1n) is 4.59. The van der Waals surface area contributed by atoms with Gasteiger partial charge in [-0.05, 0) is 5.92 Å². The molecule has 0 radical (unpaired) electrons. The molecule has 1 rings (SSSR count). The molecule has 86 valence electrons. The summed E-state index contributed by atoms with van der Waals surface area (Å²) in [4.78, 5) is 6.10. The van der Waals surface area contributed by atoms with Crippen molar-refractivity contribution in [1.29, 1.82) is 0 Å². The van der Waals surface area contributed by atoms with Crippen molar-refractivity contribution < 1.29 is 13.5 Å². The van der Waals surface area contributed by atoms with E-state index in [4.69, 9.17) is 0 Å². The van der Waals surface area contributed by atoms with Gasteiger partial charge in [-0.25, -0.2) is 18.1 Å². The van der Waals surface area contributed by atoms with Crippen LogP contribution in [-0.4, -0.2) is 36.1 Å². The first-order valence-corrected chi connectivity index (χ1v) is 6.08. The van der Waals surface area contributed by atoms with Crippen LogP contribution >= 0.6 is 0 Å². The van der Waals surface area contributed by atoms with Gasteiger partial charge in [-0.1, -0.05) is 13.8 Å². The molecule has 0 amide bonds. The number of nitrogens with one attached hydrogen (secondary N) is 2. The molecule has 0 fully saturated rings. The first kappa shape index (κ1) is 12.2. The Bertz CT molecular complexity index is 385. The molecular weight excluding hydrogens is 218 g/mol. The van der Waals surface area contributed by atoms with Gasteiger partial charge in [0, 0.05) is 6.54 Å². The standard InChI is InChI=1S/C8H15N3O3S/c1-6(2)7(12)3-11-15(13,14)8-4-9-5-10-8/h4-7,11-12H,3H2,1-2H3,(H,9,10). The number of sulfonamides is 1. The fourth-order valence-electron chi connectivity index (χ4n) is 0.899. The van der Waals surface area contributed by atoms with Crippen LogP contribution in [0.2, 0.25) is 0 Å². The third-order valence-corrected chi connectivity index (χ3v) is 3.36. The molecule has 0 saturated carbocycles. The predicted molar refractivity (Wildman–Crippen MR) is 54.6 cm³/mol. The molecule has 0 aliphatic rings. The highest BCUT2D eigenvalue weighted by Crippen LogP contribution is 2.04. The molecule has 1 heterocycles. The van der Waals surface area contributed by atoms with Gasteiger partial charge in [-0.15, -0.1) is 0 Å². The molecule has 0 aliphatic heterocycles. The lowest BCUT2D eigenvalue weighted by atomic mass is 10.1. The number of aromatic nitrogens is 2. The van der Waals surface area contributed by atoms with Crippen molar-refractivity contribution in [2.75, 3.05) is 6.54 Å². The van der Waals surface area contributed by atoms with Crippen molar-refractivity contribution in [3.05, 3.63) is 12.5 Å². The topological polar surface area (TPSA) is 95.1 Å². The highest BCUT2D eigenvalue weighted by Gasteiger charge is 2.18. The zero-order valence-electron chi connectivity index (χ0n) is 8.64. The molecule has 0 aliphatic carbocycles. The van der Waals surface area contributed by atoms with Gasteiger partial charge in [-0.2, -0.15) is 0 Å². The van der Waals surface area contributed by atoms with Gasteiger partial charge in [0.15, 0.2) is 5.03 Å². The van der Waals surface area contributed by atoms with E-state index in [1.807, 2.05) is 13.8 Å². The molecular formula is C8H15N3O3S. The highest BCUT2D eigenvalue weighted by atomic mass is 32.2. The third kappa shape index (κ3) is 3.29. The fourth-order valence-corrected chi connectivity index (χ4v) is 1.85. The summed E-state index contributed by atoms with van der Waals surface area (Å²) in [6.07, 6.45) is 1.81. The minimum Gasteiger partial charge on any atom is -0.391 e.